The van der Waals surface area contributed by atoms with E-state index in [1.165, 1.54) is 17.4 Å². The van der Waals surface area contributed by atoms with Gasteiger partial charge in [0.2, 0.25) is 11.8 Å². The van der Waals surface area contributed by atoms with Gasteiger partial charge in [0.25, 0.3) is 0 Å². The molecule has 130 valence electrons. The zero-order valence-corrected chi connectivity index (χ0v) is 15.3. The maximum atomic E-state index is 12.7. The first-order chi connectivity index (χ1) is 12.0. The number of rotatable bonds is 3. The molecular weight excluding hydrogens is 359 g/mol. The molecule has 6 heteroatoms. The minimum absolute atomic E-state index is 0.0428. The van der Waals surface area contributed by atoms with Gasteiger partial charge in [-0.25, -0.2) is 0 Å². The number of carbonyl (C=O) groups is 2. The van der Waals surface area contributed by atoms with Crippen molar-refractivity contribution in [3.8, 4) is 0 Å². The number of anilines is 1. The third-order valence-corrected chi connectivity index (χ3v) is 4.90. The molecule has 4 nitrogen and oxygen atoms in total. The second kappa shape index (κ2) is 7.46. The highest BCUT2D eigenvalue weighted by Crippen LogP contribution is 2.29. The lowest BCUT2D eigenvalue weighted by atomic mass is 10.00. The van der Waals surface area contributed by atoms with Crippen molar-refractivity contribution in [2.75, 3.05) is 18.0 Å². The number of nitrogens with zero attached hydrogens (tertiary/aromatic N) is 2. The van der Waals surface area contributed by atoms with Crippen LogP contribution in [-0.4, -0.2) is 29.8 Å². The topological polar surface area (TPSA) is 40.6 Å². The predicted molar refractivity (Wildman–Crippen MR) is 100 cm³/mol. The Kier molecular flexibility index (Phi) is 5.30. The van der Waals surface area contributed by atoms with Crippen molar-refractivity contribution in [3.05, 3.63) is 63.6 Å². The number of amides is 2. The van der Waals surface area contributed by atoms with Crippen LogP contribution < -0.4 is 4.90 Å². The van der Waals surface area contributed by atoms with Gasteiger partial charge in [0, 0.05) is 25.0 Å². The molecule has 0 unspecified atom stereocenters. The molecule has 1 heterocycles. The SMILES string of the molecule is CC(=O)N(CC(=O)N1CCc2ccccc2C1)c1ccc(Cl)cc1Cl. The highest BCUT2D eigenvalue weighted by atomic mass is 35.5. The number of fused-ring (bicyclic) bond motifs is 1. The fourth-order valence-corrected chi connectivity index (χ4v) is 3.52. The van der Waals surface area contributed by atoms with Crippen LogP contribution in [0.5, 0.6) is 0 Å². The van der Waals surface area contributed by atoms with E-state index >= 15 is 0 Å². The number of hydrogen-bond acceptors (Lipinski definition) is 2. The van der Waals surface area contributed by atoms with Gasteiger partial charge in [-0.05, 0) is 35.7 Å². The van der Waals surface area contributed by atoms with Crippen LogP contribution in [0.1, 0.15) is 18.1 Å². The Morgan fingerprint density at radius 3 is 2.52 bits per heavy atom. The first kappa shape index (κ1) is 17.8. The summed E-state index contributed by atoms with van der Waals surface area (Å²) in [5, 5.41) is 0.829. The number of hydrogen-bond donors (Lipinski definition) is 0. The molecule has 0 N–H and O–H groups in total. The monoisotopic (exact) mass is 376 g/mol. The van der Waals surface area contributed by atoms with Crippen LogP contribution in [0, 0.1) is 0 Å². The molecule has 2 aromatic rings. The van der Waals surface area contributed by atoms with Crippen molar-refractivity contribution < 1.29 is 9.59 Å². The quantitative estimate of drug-likeness (QED) is 0.813. The molecule has 1 aliphatic rings. The molecule has 0 radical (unpaired) electrons. The summed E-state index contributed by atoms with van der Waals surface area (Å²) in [5.74, 6) is -0.342. The van der Waals surface area contributed by atoms with Gasteiger partial charge in [-0.1, -0.05) is 47.5 Å². The van der Waals surface area contributed by atoms with Crippen LogP contribution in [0.2, 0.25) is 10.0 Å². The normalized spacial score (nSPS) is 13.3. The number of carbonyl (C=O) groups excluding carboxylic acids is 2. The summed E-state index contributed by atoms with van der Waals surface area (Å²) in [4.78, 5) is 28.0. The molecule has 0 saturated carbocycles. The molecule has 1 aliphatic heterocycles. The Balaban J connectivity index is 1.77. The van der Waals surface area contributed by atoms with E-state index in [1.807, 2.05) is 18.2 Å². The average molecular weight is 377 g/mol. The molecule has 0 bridgehead atoms. The van der Waals surface area contributed by atoms with Crippen LogP contribution in [-0.2, 0) is 22.6 Å². The average Bonchev–Trinajstić information content (AvgIpc) is 2.59. The molecular formula is C19H18Cl2N2O2. The van der Waals surface area contributed by atoms with Crippen LogP contribution in [0.4, 0.5) is 5.69 Å². The van der Waals surface area contributed by atoms with Gasteiger partial charge in [-0.15, -0.1) is 0 Å². The standard InChI is InChI=1S/C19H18Cl2N2O2/c1-13(24)23(18-7-6-16(20)10-17(18)21)12-19(25)22-9-8-14-4-2-3-5-15(14)11-22/h2-7,10H,8-9,11-12H2,1H3. The lowest BCUT2D eigenvalue weighted by molar-refractivity contribution is -0.132. The lowest BCUT2D eigenvalue weighted by Gasteiger charge is -2.31. The molecule has 25 heavy (non-hydrogen) atoms. The van der Waals surface area contributed by atoms with E-state index in [0.717, 1.165) is 12.0 Å². The third-order valence-electron chi connectivity index (χ3n) is 4.36. The van der Waals surface area contributed by atoms with E-state index in [2.05, 4.69) is 6.07 Å². The maximum absolute atomic E-state index is 12.7. The highest BCUT2D eigenvalue weighted by Gasteiger charge is 2.25. The van der Waals surface area contributed by atoms with Crippen molar-refractivity contribution in [3.63, 3.8) is 0 Å². The molecule has 3 rings (SSSR count). The summed E-state index contributed by atoms with van der Waals surface area (Å²) in [6, 6.07) is 13.0. The fourth-order valence-electron chi connectivity index (χ4n) is 3.01. The summed E-state index contributed by atoms with van der Waals surface area (Å²) < 4.78 is 0. The van der Waals surface area contributed by atoms with Crippen molar-refractivity contribution in [2.45, 2.75) is 19.9 Å². The Labute approximate surface area is 156 Å². The molecule has 2 amide bonds. The van der Waals surface area contributed by atoms with Crippen molar-refractivity contribution in [2.24, 2.45) is 0 Å². The molecule has 0 spiro atoms. The van der Waals surface area contributed by atoms with Crippen LogP contribution >= 0.6 is 23.2 Å². The van der Waals surface area contributed by atoms with Crippen molar-refractivity contribution >= 4 is 40.7 Å². The van der Waals surface area contributed by atoms with Crippen LogP contribution in [0.15, 0.2) is 42.5 Å². The van der Waals surface area contributed by atoms with Gasteiger partial charge < -0.3 is 9.80 Å². The van der Waals surface area contributed by atoms with Gasteiger partial charge in [0.15, 0.2) is 0 Å². The number of halogens is 2. The second-order valence-electron chi connectivity index (χ2n) is 6.03. The van der Waals surface area contributed by atoms with Gasteiger partial charge >= 0.3 is 0 Å². The Hall–Kier alpha value is -2.04. The molecule has 0 aromatic heterocycles. The van der Waals surface area contributed by atoms with E-state index in [-0.39, 0.29) is 18.4 Å². The number of benzene rings is 2. The summed E-state index contributed by atoms with van der Waals surface area (Å²) in [7, 11) is 0. The zero-order chi connectivity index (χ0) is 18.0. The van der Waals surface area contributed by atoms with E-state index in [1.54, 1.807) is 23.1 Å². The summed E-state index contributed by atoms with van der Waals surface area (Å²) in [5.41, 5.74) is 2.92. The summed E-state index contributed by atoms with van der Waals surface area (Å²) in [6.07, 6.45) is 0.823. The first-order valence-corrected chi connectivity index (χ1v) is 8.79. The second-order valence-corrected chi connectivity index (χ2v) is 6.88. The highest BCUT2D eigenvalue weighted by molar-refractivity contribution is 6.36. The third kappa shape index (κ3) is 3.97. The minimum Gasteiger partial charge on any atom is -0.336 e. The van der Waals surface area contributed by atoms with Crippen LogP contribution in [0.25, 0.3) is 0 Å². The molecule has 0 saturated heterocycles. The van der Waals surface area contributed by atoms with Crippen molar-refractivity contribution in [1.82, 2.24) is 4.90 Å². The minimum atomic E-state index is -0.241. The van der Waals surface area contributed by atoms with E-state index in [4.69, 9.17) is 23.2 Å². The van der Waals surface area contributed by atoms with Crippen LogP contribution in [0.3, 0.4) is 0 Å². The van der Waals surface area contributed by atoms with E-state index < -0.39 is 0 Å². The maximum Gasteiger partial charge on any atom is 0.242 e. The van der Waals surface area contributed by atoms with E-state index in [9.17, 15) is 9.59 Å². The van der Waals surface area contributed by atoms with Gasteiger partial charge in [-0.3, -0.25) is 9.59 Å². The lowest BCUT2D eigenvalue weighted by Crippen LogP contribution is -2.44. The first-order valence-electron chi connectivity index (χ1n) is 8.03. The van der Waals surface area contributed by atoms with Crippen molar-refractivity contribution in [1.29, 1.82) is 0 Å². The fraction of sp³-hybridized carbons (Fsp3) is 0.263. The molecule has 0 fully saturated rings. The van der Waals surface area contributed by atoms with Gasteiger partial charge in [0.1, 0.15) is 6.54 Å². The Morgan fingerprint density at radius 1 is 1.12 bits per heavy atom. The molecule has 2 aromatic carbocycles. The Morgan fingerprint density at radius 2 is 1.84 bits per heavy atom. The predicted octanol–water partition coefficient (Wildman–Crippen LogP) is 3.93. The van der Waals surface area contributed by atoms with Gasteiger partial charge in [0.05, 0.1) is 10.7 Å². The smallest absolute Gasteiger partial charge is 0.242 e. The largest absolute Gasteiger partial charge is 0.336 e. The molecule has 0 atom stereocenters. The Bertz CT molecular complexity index is 823. The molecule has 0 aliphatic carbocycles. The van der Waals surface area contributed by atoms with E-state index in [0.29, 0.717) is 28.8 Å². The van der Waals surface area contributed by atoms with Gasteiger partial charge in [-0.2, -0.15) is 0 Å². The zero-order valence-electron chi connectivity index (χ0n) is 13.8. The summed E-state index contributed by atoms with van der Waals surface area (Å²) >= 11 is 12.1. The summed E-state index contributed by atoms with van der Waals surface area (Å²) in [6.45, 7) is 2.59.